The third-order valence-corrected chi connectivity index (χ3v) is 3.81. The van der Waals surface area contributed by atoms with Crippen LogP contribution in [0.5, 0.6) is 0 Å². The number of anilines is 1. The van der Waals surface area contributed by atoms with Crippen molar-refractivity contribution in [3.8, 4) is 6.07 Å². The Morgan fingerprint density at radius 2 is 2.35 bits per heavy atom. The smallest absolute Gasteiger partial charge is 0.161 e. The third kappa shape index (κ3) is 2.45. The topological polar surface area (TPSA) is 81.5 Å². The predicted octanol–water partition coefficient (Wildman–Crippen LogP) is 2.11. The summed E-state index contributed by atoms with van der Waals surface area (Å²) >= 11 is 5.92. The Hall–Kier alpha value is -2.13. The fraction of sp³-hybridized carbons (Fsp3) is 0.385. The Kier molecular flexibility index (Phi) is 3.52. The van der Waals surface area contributed by atoms with Crippen molar-refractivity contribution in [1.82, 2.24) is 20.2 Å². The van der Waals surface area contributed by atoms with Crippen LogP contribution in [0.15, 0.2) is 18.5 Å². The second-order valence-electron chi connectivity index (χ2n) is 4.77. The first kappa shape index (κ1) is 12.9. The molecule has 3 heterocycles. The molecule has 1 saturated heterocycles. The number of H-pyrrole nitrogens is 1. The predicted molar refractivity (Wildman–Crippen MR) is 74.5 cm³/mol. The van der Waals surface area contributed by atoms with Crippen molar-refractivity contribution in [1.29, 1.82) is 5.26 Å². The van der Waals surface area contributed by atoms with Gasteiger partial charge in [0.05, 0.1) is 5.02 Å². The van der Waals surface area contributed by atoms with Gasteiger partial charge in [0, 0.05) is 19.0 Å². The van der Waals surface area contributed by atoms with Gasteiger partial charge in [-0.1, -0.05) is 11.6 Å². The van der Waals surface area contributed by atoms with Crippen molar-refractivity contribution >= 4 is 17.4 Å². The van der Waals surface area contributed by atoms with E-state index in [4.69, 9.17) is 16.9 Å². The fourth-order valence-corrected chi connectivity index (χ4v) is 2.65. The molecule has 2 aromatic heterocycles. The minimum Gasteiger partial charge on any atom is -0.356 e. The molecule has 20 heavy (non-hydrogen) atoms. The molecule has 0 amide bonds. The van der Waals surface area contributed by atoms with E-state index in [0.29, 0.717) is 10.9 Å². The number of nitrogens with one attached hydrogen (secondary N) is 1. The van der Waals surface area contributed by atoms with Crippen molar-refractivity contribution in [2.45, 2.75) is 18.8 Å². The first-order chi connectivity index (χ1) is 9.78. The molecule has 3 rings (SSSR count). The Morgan fingerprint density at radius 3 is 3.10 bits per heavy atom. The molecule has 2 aromatic rings. The summed E-state index contributed by atoms with van der Waals surface area (Å²) < 4.78 is 0. The summed E-state index contributed by atoms with van der Waals surface area (Å²) in [6.45, 7) is 1.73. The van der Waals surface area contributed by atoms with Gasteiger partial charge in [-0.3, -0.25) is 5.10 Å². The van der Waals surface area contributed by atoms with Crippen molar-refractivity contribution in [2.24, 2.45) is 0 Å². The van der Waals surface area contributed by atoms with Gasteiger partial charge in [-0.25, -0.2) is 9.97 Å². The molecular formula is C13H13ClN6. The van der Waals surface area contributed by atoms with E-state index in [0.717, 1.165) is 37.6 Å². The lowest BCUT2D eigenvalue weighted by Gasteiger charge is -2.32. The largest absolute Gasteiger partial charge is 0.356 e. The molecule has 0 spiro atoms. The molecule has 0 bridgehead atoms. The highest BCUT2D eigenvalue weighted by molar-refractivity contribution is 6.31. The van der Waals surface area contributed by atoms with E-state index in [9.17, 15) is 0 Å². The number of nitriles is 1. The second-order valence-corrected chi connectivity index (χ2v) is 5.17. The van der Waals surface area contributed by atoms with Crippen LogP contribution in [0.25, 0.3) is 0 Å². The Labute approximate surface area is 121 Å². The SMILES string of the molecule is N#Cc1nc(N2CCCC(c3ncn[nH]3)C2)ccc1Cl. The van der Waals surface area contributed by atoms with Crippen LogP contribution in [0.3, 0.4) is 0 Å². The second kappa shape index (κ2) is 5.47. The molecule has 6 nitrogen and oxygen atoms in total. The Morgan fingerprint density at radius 1 is 1.45 bits per heavy atom. The zero-order chi connectivity index (χ0) is 13.9. The molecule has 1 unspecified atom stereocenters. The lowest BCUT2D eigenvalue weighted by Crippen LogP contribution is -2.35. The van der Waals surface area contributed by atoms with E-state index in [1.54, 1.807) is 6.07 Å². The summed E-state index contributed by atoms with van der Waals surface area (Å²) in [4.78, 5) is 10.7. The van der Waals surface area contributed by atoms with Crippen molar-refractivity contribution in [2.75, 3.05) is 18.0 Å². The van der Waals surface area contributed by atoms with Crippen molar-refractivity contribution in [3.05, 3.63) is 35.0 Å². The normalized spacial score (nSPS) is 18.8. The number of halogens is 1. The minimum absolute atomic E-state index is 0.269. The summed E-state index contributed by atoms with van der Waals surface area (Å²) in [5, 5.41) is 16.2. The highest BCUT2D eigenvalue weighted by Gasteiger charge is 2.24. The molecular weight excluding hydrogens is 276 g/mol. The van der Waals surface area contributed by atoms with Gasteiger partial charge in [0.2, 0.25) is 0 Å². The van der Waals surface area contributed by atoms with Crippen LogP contribution in [-0.4, -0.2) is 33.3 Å². The molecule has 1 aliphatic rings. The van der Waals surface area contributed by atoms with E-state index in [2.05, 4.69) is 25.1 Å². The number of nitrogens with zero attached hydrogens (tertiary/aromatic N) is 5. The minimum atomic E-state index is 0.269. The van der Waals surface area contributed by atoms with Gasteiger partial charge in [-0.2, -0.15) is 10.4 Å². The first-order valence-corrected chi connectivity index (χ1v) is 6.82. The summed E-state index contributed by atoms with van der Waals surface area (Å²) in [6.07, 6.45) is 3.66. The number of aromatic nitrogens is 4. The van der Waals surface area contributed by atoms with Crippen molar-refractivity contribution < 1.29 is 0 Å². The maximum atomic E-state index is 9.00. The highest BCUT2D eigenvalue weighted by atomic mass is 35.5. The molecule has 0 aliphatic carbocycles. The van der Waals surface area contributed by atoms with E-state index < -0.39 is 0 Å². The van der Waals surface area contributed by atoms with E-state index in [-0.39, 0.29) is 5.69 Å². The van der Waals surface area contributed by atoms with Crippen LogP contribution in [0.1, 0.15) is 30.3 Å². The zero-order valence-corrected chi connectivity index (χ0v) is 11.5. The summed E-state index contributed by atoms with van der Waals surface area (Å²) in [7, 11) is 0. The molecule has 0 radical (unpaired) electrons. The van der Waals surface area contributed by atoms with Gasteiger partial charge < -0.3 is 4.90 Å². The van der Waals surface area contributed by atoms with Gasteiger partial charge in [-0.15, -0.1) is 0 Å². The average Bonchev–Trinajstić information content (AvgIpc) is 3.02. The van der Waals surface area contributed by atoms with Crippen LogP contribution >= 0.6 is 11.6 Å². The number of aromatic amines is 1. The average molecular weight is 289 g/mol. The van der Waals surface area contributed by atoms with Crippen LogP contribution < -0.4 is 4.90 Å². The van der Waals surface area contributed by atoms with E-state index in [1.165, 1.54) is 6.33 Å². The number of rotatable bonds is 2. The quantitative estimate of drug-likeness (QED) is 0.915. The summed E-state index contributed by atoms with van der Waals surface area (Å²) in [6, 6.07) is 5.59. The molecule has 102 valence electrons. The van der Waals surface area contributed by atoms with Gasteiger partial charge in [0.25, 0.3) is 0 Å². The van der Waals surface area contributed by atoms with Crippen LogP contribution in [0.4, 0.5) is 5.82 Å². The Balaban J connectivity index is 1.82. The van der Waals surface area contributed by atoms with Crippen LogP contribution in [0, 0.1) is 11.3 Å². The molecule has 0 saturated carbocycles. The third-order valence-electron chi connectivity index (χ3n) is 3.50. The Bertz CT molecular complexity index is 633. The van der Waals surface area contributed by atoms with Gasteiger partial charge in [0.15, 0.2) is 5.69 Å². The summed E-state index contributed by atoms with van der Waals surface area (Å²) in [5.74, 6) is 2.01. The molecule has 1 atom stereocenters. The van der Waals surface area contributed by atoms with Gasteiger partial charge >= 0.3 is 0 Å². The van der Waals surface area contributed by atoms with Crippen molar-refractivity contribution in [3.63, 3.8) is 0 Å². The molecule has 0 aromatic carbocycles. The molecule has 1 N–H and O–H groups in total. The summed E-state index contributed by atoms with van der Waals surface area (Å²) in [5.41, 5.74) is 0.269. The van der Waals surface area contributed by atoms with E-state index >= 15 is 0 Å². The zero-order valence-electron chi connectivity index (χ0n) is 10.8. The number of piperidine rings is 1. The number of hydrogen-bond acceptors (Lipinski definition) is 5. The lowest BCUT2D eigenvalue weighted by molar-refractivity contribution is 0.490. The van der Waals surface area contributed by atoms with E-state index in [1.807, 2.05) is 12.1 Å². The van der Waals surface area contributed by atoms with Crippen LogP contribution in [0.2, 0.25) is 5.02 Å². The highest BCUT2D eigenvalue weighted by Crippen LogP contribution is 2.28. The molecule has 7 heteroatoms. The first-order valence-electron chi connectivity index (χ1n) is 6.45. The number of pyridine rings is 1. The lowest BCUT2D eigenvalue weighted by atomic mass is 9.97. The molecule has 1 fully saturated rings. The maximum Gasteiger partial charge on any atom is 0.161 e. The van der Waals surface area contributed by atoms with Gasteiger partial charge in [-0.05, 0) is 25.0 Å². The monoisotopic (exact) mass is 288 g/mol. The number of hydrogen-bond donors (Lipinski definition) is 1. The van der Waals surface area contributed by atoms with Crippen LogP contribution in [-0.2, 0) is 0 Å². The molecule has 1 aliphatic heterocycles. The fourth-order valence-electron chi connectivity index (χ4n) is 2.51. The van der Waals surface area contributed by atoms with Gasteiger partial charge in [0.1, 0.15) is 24.0 Å². The standard InChI is InChI=1S/C13H13ClN6/c14-10-3-4-12(18-11(10)6-15)20-5-1-2-9(7-20)13-16-8-17-19-13/h3-4,8-9H,1-2,5,7H2,(H,16,17,19). The maximum absolute atomic E-state index is 9.00.